The fourth-order valence-electron chi connectivity index (χ4n) is 2.30. The predicted molar refractivity (Wildman–Crippen MR) is 78.3 cm³/mol. The molecule has 1 aliphatic heterocycles. The average Bonchev–Trinajstić information content (AvgIpc) is 2.88. The molecule has 0 aliphatic carbocycles. The van der Waals surface area contributed by atoms with Gasteiger partial charge in [0.1, 0.15) is 23.7 Å². The number of aromatic carboxylic acids is 1. The van der Waals surface area contributed by atoms with E-state index in [0.29, 0.717) is 24.7 Å². The summed E-state index contributed by atoms with van der Waals surface area (Å²) in [5.41, 5.74) is 0.143. The van der Waals surface area contributed by atoms with Crippen molar-refractivity contribution in [3.8, 4) is 11.5 Å². The Kier molecular flexibility index (Phi) is 5.44. The second kappa shape index (κ2) is 7.31. The van der Waals surface area contributed by atoms with Gasteiger partial charge in [-0.15, -0.1) is 0 Å². The summed E-state index contributed by atoms with van der Waals surface area (Å²) in [7, 11) is 0. The third-order valence-electron chi connectivity index (χ3n) is 3.40. The maximum atomic E-state index is 11.2. The summed E-state index contributed by atoms with van der Waals surface area (Å²) in [4.78, 5) is 11.2. The van der Waals surface area contributed by atoms with Crippen LogP contribution in [0.4, 0.5) is 0 Å². The Hall–Kier alpha value is -1.75. The molecule has 1 N–H and O–H groups in total. The SMILES string of the molecule is CCCOc1ccc(C(=O)O)c(OCC2CCC(C)O2)c1. The van der Waals surface area contributed by atoms with Crippen LogP contribution in [0, 0.1) is 0 Å². The molecule has 2 rings (SSSR count). The van der Waals surface area contributed by atoms with Gasteiger partial charge in [0.05, 0.1) is 18.8 Å². The zero-order valence-corrected chi connectivity index (χ0v) is 12.5. The van der Waals surface area contributed by atoms with Crippen molar-refractivity contribution in [2.24, 2.45) is 0 Å². The molecule has 2 atom stereocenters. The van der Waals surface area contributed by atoms with Gasteiger partial charge in [0, 0.05) is 6.07 Å². The summed E-state index contributed by atoms with van der Waals surface area (Å²) >= 11 is 0. The number of benzene rings is 1. The Bertz CT molecular complexity index is 486. The van der Waals surface area contributed by atoms with Crippen molar-refractivity contribution in [2.45, 2.75) is 45.3 Å². The molecular formula is C16H22O5. The van der Waals surface area contributed by atoms with Crippen molar-refractivity contribution in [1.29, 1.82) is 0 Å². The lowest BCUT2D eigenvalue weighted by Crippen LogP contribution is -2.19. The molecule has 1 aliphatic rings. The van der Waals surface area contributed by atoms with Crippen LogP contribution in [0.5, 0.6) is 11.5 Å². The Morgan fingerprint density at radius 2 is 2.19 bits per heavy atom. The van der Waals surface area contributed by atoms with Gasteiger partial charge in [0.25, 0.3) is 0 Å². The van der Waals surface area contributed by atoms with Crippen LogP contribution in [0.15, 0.2) is 18.2 Å². The van der Waals surface area contributed by atoms with E-state index >= 15 is 0 Å². The van der Waals surface area contributed by atoms with Crippen LogP contribution in [0.2, 0.25) is 0 Å². The maximum Gasteiger partial charge on any atom is 0.339 e. The lowest BCUT2D eigenvalue weighted by Gasteiger charge is -2.15. The van der Waals surface area contributed by atoms with Gasteiger partial charge in [0.2, 0.25) is 0 Å². The van der Waals surface area contributed by atoms with E-state index in [9.17, 15) is 9.90 Å². The number of hydrogen-bond donors (Lipinski definition) is 1. The number of carboxylic acids is 1. The van der Waals surface area contributed by atoms with Crippen molar-refractivity contribution in [3.63, 3.8) is 0 Å². The lowest BCUT2D eigenvalue weighted by molar-refractivity contribution is 0.0258. The molecule has 2 unspecified atom stereocenters. The summed E-state index contributed by atoms with van der Waals surface area (Å²) in [5.74, 6) is -0.0513. The van der Waals surface area contributed by atoms with Crippen LogP contribution in [-0.4, -0.2) is 36.5 Å². The highest BCUT2D eigenvalue weighted by molar-refractivity contribution is 5.91. The highest BCUT2D eigenvalue weighted by atomic mass is 16.5. The first-order valence-electron chi connectivity index (χ1n) is 7.38. The third-order valence-corrected chi connectivity index (χ3v) is 3.40. The van der Waals surface area contributed by atoms with Crippen molar-refractivity contribution in [3.05, 3.63) is 23.8 Å². The Morgan fingerprint density at radius 3 is 2.81 bits per heavy atom. The van der Waals surface area contributed by atoms with Gasteiger partial charge < -0.3 is 19.3 Å². The molecule has 1 heterocycles. The van der Waals surface area contributed by atoms with Gasteiger partial charge >= 0.3 is 5.97 Å². The van der Waals surface area contributed by atoms with Gasteiger partial charge in [0.15, 0.2) is 0 Å². The van der Waals surface area contributed by atoms with E-state index in [4.69, 9.17) is 14.2 Å². The van der Waals surface area contributed by atoms with E-state index in [2.05, 4.69) is 0 Å². The fourth-order valence-corrected chi connectivity index (χ4v) is 2.30. The molecule has 1 aromatic rings. The first kappa shape index (κ1) is 15.6. The molecular weight excluding hydrogens is 272 g/mol. The maximum absolute atomic E-state index is 11.2. The largest absolute Gasteiger partial charge is 0.493 e. The fraction of sp³-hybridized carbons (Fsp3) is 0.562. The highest BCUT2D eigenvalue weighted by Gasteiger charge is 2.23. The Labute approximate surface area is 124 Å². The zero-order valence-electron chi connectivity index (χ0n) is 12.5. The van der Waals surface area contributed by atoms with E-state index < -0.39 is 5.97 Å². The molecule has 1 fully saturated rings. The third kappa shape index (κ3) is 4.36. The second-order valence-corrected chi connectivity index (χ2v) is 5.27. The molecule has 0 saturated carbocycles. The Balaban J connectivity index is 2.05. The van der Waals surface area contributed by atoms with E-state index in [1.165, 1.54) is 6.07 Å². The second-order valence-electron chi connectivity index (χ2n) is 5.27. The van der Waals surface area contributed by atoms with Crippen molar-refractivity contribution < 1.29 is 24.1 Å². The minimum Gasteiger partial charge on any atom is -0.493 e. The van der Waals surface area contributed by atoms with Crippen LogP contribution in [0.3, 0.4) is 0 Å². The van der Waals surface area contributed by atoms with E-state index in [1.54, 1.807) is 12.1 Å². The van der Waals surface area contributed by atoms with Gasteiger partial charge in [-0.25, -0.2) is 4.79 Å². The van der Waals surface area contributed by atoms with Gasteiger partial charge in [-0.1, -0.05) is 6.92 Å². The first-order chi connectivity index (χ1) is 10.1. The topological polar surface area (TPSA) is 65.0 Å². The molecule has 5 heteroatoms. The monoisotopic (exact) mass is 294 g/mol. The van der Waals surface area contributed by atoms with Crippen LogP contribution in [0.25, 0.3) is 0 Å². The minimum absolute atomic E-state index is 0.0295. The number of hydrogen-bond acceptors (Lipinski definition) is 4. The van der Waals surface area contributed by atoms with Crippen LogP contribution >= 0.6 is 0 Å². The molecule has 5 nitrogen and oxygen atoms in total. The zero-order chi connectivity index (χ0) is 15.2. The first-order valence-corrected chi connectivity index (χ1v) is 7.38. The van der Waals surface area contributed by atoms with Crippen molar-refractivity contribution in [2.75, 3.05) is 13.2 Å². The molecule has 0 radical (unpaired) electrons. The predicted octanol–water partition coefficient (Wildman–Crippen LogP) is 3.12. The number of carboxylic acid groups (broad SMARTS) is 1. The molecule has 21 heavy (non-hydrogen) atoms. The number of ether oxygens (including phenoxy) is 3. The standard InChI is InChI=1S/C16H22O5/c1-3-8-19-12-6-7-14(16(17)18)15(9-12)20-10-13-5-4-11(2)21-13/h6-7,9,11,13H,3-5,8,10H2,1-2H3,(H,17,18). The minimum atomic E-state index is -1.01. The summed E-state index contributed by atoms with van der Waals surface area (Å²) in [5, 5.41) is 9.21. The van der Waals surface area contributed by atoms with Crippen LogP contribution in [0.1, 0.15) is 43.5 Å². The number of rotatable bonds is 7. The molecule has 1 saturated heterocycles. The Morgan fingerprint density at radius 1 is 1.38 bits per heavy atom. The van der Waals surface area contributed by atoms with Gasteiger partial charge in [-0.05, 0) is 38.3 Å². The molecule has 0 aromatic heterocycles. The molecule has 0 spiro atoms. The van der Waals surface area contributed by atoms with Crippen LogP contribution in [-0.2, 0) is 4.74 Å². The van der Waals surface area contributed by atoms with Crippen molar-refractivity contribution >= 4 is 5.97 Å². The molecule has 0 amide bonds. The van der Waals surface area contributed by atoms with E-state index in [-0.39, 0.29) is 17.8 Å². The number of carbonyl (C=O) groups is 1. The van der Waals surface area contributed by atoms with Crippen LogP contribution < -0.4 is 9.47 Å². The summed E-state index contributed by atoms with van der Waals surface area (Å²) in [6, 6.07) is 4.80. The summed E-state index contributed by atoms with van der Waals surface area (Å²) in [6.45, 7) is 5.00. The van der Waals surface area contributed by atoms with Gasteiger partial charge in [-0.2, -0.15) is 0 Å². The normalized spacial score (nSPS) is 21.2. The summed E-state index contributed by atoms with van der Waals surface area (Å²) < 4.78 is 16.9. The lowest BCUT2D eigenvalue weighted by atomic mass is 10.2. The van der Waals surface area contributed by atoms with E-state index in [0.717, 1.165) is 19.3 Å². The van der Waals surface area contributed by atoms with Gasteiger partial charge in [-0.3, -0.25) is 0 Å². The van der Waals surface area contributed by atoms with Crippen molar-refractivity contribution in [1.82, 2.24) is 0 Å². The molecule has 1 aromatic carbocycles. The summed E-state index contributed by atoms with van der Waals surface area (Å²) in [6.07, 6.45) is 3.12. The highest BCUT2D eigenvalue weighted by Crippen LogP contribution is 2.27. The molecule has 116 valence electrons. The van der Waals surface area contributed by atoms with E-state index in [1.807, 2.05) is 13.8 Å². The smallest absolute Gasteiger partial charge is 0.339 e. The average molecular weight is 294 g/mol. The quantitative estimate of drug-likeness (QED) is 0.837. The molecule has 0 bridgehead atoms.